The summed E-state index contributed by atoms with van der Waals surface area (Å²) in [4.78, 5) is 20.2. The summed E-state index contributed by atoms with van der Waals surface area (Å²) in [7, 11) is 1.84. The van der Waals surface area contributed by atoms with Crippen molar-refractivity contribution in [3.63, 3.8) is 0 Å². The van der Waals surface area contributed by atoms with E-state index in [0.717, 1.165) is 17.8 Å². The number of nitrogens with zero attached hydrogens (tertiary/aromatic N) is 4. The third-order valence-electron chi connectivity index (χ3n) is 3.77. The van der Waals surface area contributed by atoms with Crippen LogP contribution in [0, 0.1) is 0 Å². The van der Waals surface area contributed by atoms with Gasteiger partial charge in [-0.05, 0) is 18.1 Å². The molecule has 25 heavy (non-hydrogen) atoms. The first kappa shape index (κ1) is 16.6. The Morgan fingerprint density at radius 2 is 1.96 bits per heavy atom. The fraction of sp³-hybridized carbons (Fsp3) is 0.222. The molecule has 3 aromatic rings. The summed E-state index contributed by atoms with van der Waals surface area (Å²) in [6.07, 6.45) is 5.71. The fourth-order valence-corrected chi connectivity index (χ4v) is 2.43. The number of hydrogen-bond donors (Lipinski definition) is 2. The summed E-state index contributed by atoms with van der Waals surface area (Å²) in [5.41, 5.74) is 3.52. The van der Waals surface area contributed by atoms with Gasteiger partial charge in [0.15, 0.2) is 0 Å². The molecule has 7 nitrogen and oxygen atoms in total. The predicted octanol–water partition coefficient (Wildman–Crippen LogP) is 1.92. The zero-order valence-electron chi connectivity index (χ0n) is 14.0. The standard InChI is InChI=1S/C18H20N6O/c1-24-15(11-16(23-24)17-13-19-9-10-20-17)12-22-18(25)21-8-7-14-5-3-2-4-6-14/h2-6,9-11,13H,7-8,12H2,1H3,(H2,21,22,25). The Bertz CT molecular complexity index is 816. The van der Waals surface area contributed by atoms with Crippen molar-refractivity contribution >= 4 is 6.03 Å². The van der Waals surface area contributed by atoms with Crippen molar-refractivity contribution in [1.82, 2.24) is 30.4 Å². The molecule has 1 aromatic carbocycles. The summed E-state index contributed by atoms with van der Waals surface area (Å²) in [6.45, 7) is 0.979. The van der Waals surface area contributed by atoms with Crippen LogP contribution in [0.3, 0.4) is 0 Å². The van der Waals surface area contributed by atoms with E-state index in [-0.39, 0.29) is 6.03 Å². The van der Waals surface area contributed by atoms with Crippen molar-refractivity contribution in [3.8, 4) is 11.4 Å². The Balaban J connectivity index is 1.48. The molecule has 0 spiro atoms. The number of carbonyl (C=O) groups excluding carboxylic acids is 1. The molecule has 0 atom stereocenters. The third kappa shape index (κ3) is 4.63. The zero-order valence-corrected chi connectivity index (χ0v) is 14.0. The Morgan fingerprint density at radius 1 is 1.12 bits per heavy atom. The van der Waals surface area contributed by atoms with Crippen LogP contribution in [-0.4, -0.2) is 32.3 Å². The first-order chi connectivity index (χ1) is 12.2. The Labute approximate surface area is 146 Å². The highest BCUT2D eigenvalue weighted by atomic mass is 16.2. The van der Waals surface area contributed by atoms with Gasteiger partial charge in [-0.1, -0.05) is 30.3 Å². The minimum atomic E-state index is -0.196. The van der Waals surface area contributed by atoms with E-state index in [1.165, 1.54) is 5.56 Å². The number of aromatic nitrogens is 4. The van der Waals surface area contributed by atoms with E-state index >= 15 is 0 Å². The van der Waals surface area contributed by atoms with Gasteiger partial charge in [0.1, 0.15) is 11.4 Å². The van der Waals surface area contributed by atoms with Crippen molar-refractivity contribution < 1.29 is 4.79 Å². The fourth-order valence-electron chi connectivity index (χ4n) is 2.43. The molecule has 0 aliphatic heterocycles. The van der Waals surface area contributed by atoms with Gasteiger partial charge in [0, 0.05) is 26.0 Å². The van der Waals surface area contributed by atoms with Crippen molar-refractivity contribution in [2.24, 2.45) is 7.05 Å². The van der Waals surface area contributed by atoms with E-state index in [1.807, 2.05) is 43.4 Å². The van der Waals surface area contributed by atoms with Gasteiger partial charge in [-0.3, -0.25) is 14.6 Å². The first-order valence-electron chi connectivity index (χ1n) is 8.07. The molecule has 0 radical (unpaired) electrons. The molecule has 3 rings (SSSR count). The highest BCUT2D eigenvalue weighted by Crippen LogP contribution is 2.14. The maximum atomic E-state index is 11.9. The SMILES string of the molecule is Cn1nc(-c2cnccn2)cc1CNC(=O)NCCc1ccccc1. The lowest BCUT2D eigenvalue weighted by molar-refractivity contribution is 0.240. The van der Waals surface area contributed by atoms with E-state index in [1.54, 1.807) is 23.3 Å². The van der Waals surface area contributed by atoms with Crippen molar-refractivity contribution in [3.05, 3.63) is 66.2 Å². The lowest BCUT2D eigenvalue weighted by Crippen LogP contribution is -2.36. The molecule has 0 bridgehead atoms. The number of urea groups is 1. The average molecular weight is 336 g/mol. The van der Waals surface area contributed by atoms with Crippen molar-refractivity contribution in [2.75, 3.05) is 6.54 Å². The molecule has 0 saturated heterocycles. The molecule has 2 N–H and O–H groups in total. The summed E-state index contributed by atoms with van der Waals surface area (Å²) in [6, 6.07) is 11.8. The van der Waals surface area contributed by atoms with Gasteiger partial charge in [0.2, 0.25) is 0 Å². The van der Waals surface area contributed by atoms with Crippen LogP contribution in [0.25, 0.3) is 11.4 Å². The molecular formula is C18H20N6O. The third-order valence-corrected chi connectivity index (χ3v) is 3.77. The maximum Gasteiger partial charge on any atom is 0.315 e. The van der Waals surface area contributed by atoms with Gasteiger partial charge >= 0.3 is 6.03 Å². The number of amides is 2. The molecule has 0 aliphatic carbocycles. The highest BCUT2D eigenvalue weighted by molar-refractivity contribution is 5.73. The molecule has 2 amide bonds. The summed E-state index contributed by atoms with van der Waals surface area (Å²) in [5.74, 6) is 0. The quantitative estimate of drug-likeness (QED) is 0.720. The Morgan fingerprint density at radius 3 is 2.72 bits per heavy atom. The summed E-state index contributed by atoms with van der Waals surface area (Å²) < 4.78 is 1.73. The molecule has 0 fully saturated rings. The molecule has 2 aromatic heterocycles. The second-order valence-electron chi connectivity index (χ2n) is 5.58. The van der Waals surface area contributed by atoms with Gasteiger partial charge < -0.3 is 10.6 Å². The molecule has 0 aliphatic rings. The van der Waals surface area contributed by atoms with Crippen molar-refractivity contribution in [1.29, 1.82) is 0 Å². The van der Waals surface area contributed by atoms with Crippen LogP contribution in [0.15, 0.2) is 55.0 Å². The summed E-state index contributed by atoms with van der Waals surface area (Å²) in [5, 5.41) is 10.1. The molecular weight excluding hydrogens is 316 g/mol. The average Bonchev–Trinajstić information content (AvgIpc) is 3.02. The Kier molecular flexibility index (Phi) is 5.36. The minimum Gasteiger partial charge on any atom is -0.338 e. The van der Waals surface area contributed by atoms with Gasteiger partial charge in [-0.2, -0.15) is 5.10 Å². The Hall–Kier alpha value is -3.22. The zero-order chi connectivity index (χ0) is 17.5. The first-order valence-corrected chi connectivity index (χ1v) is 8.07. The number of carbonyl (C=O) groups is 1. The lowest BCUT2D eigenvalue weighted by atomic mass is 10.1. The molecule has 0 unspecified atom stereocenters. The summed E-state index contributed by atoms with van der Waals surface area (Å²) >= 11 is 0. The van der Waals surface area contributed by atoms with Gasteiger partial charge in [0.05, 0.1) is 18.4 Å². The second-order valence-corrected chi connectivity index (χ2v) is 5.58. The molecule has 2 heterocycles. The van der Waals surface area contributed by atoms with Crippen LogP contribution in [-0.2, 0) is 20.0 Å². The van der Waals surface area contributed by atoms with E-state index in [0.29, 0.717) is 18.8 Å². The molecule has 0 saturated carbocycles. The van der Waals surface area contributed by atoms with Crippen LogP contribution in [0.1, 0.15) is 11.3 Å². The van der Waals surface area contributed by atoms with Crippen LogP contribution in [0.5, 0.6) is 0 Å². The smallest absolute Gasteiger partial charge is 0.315 e. The number of rotatable bonds is 6. The number of hydrogen-bond acceptors (Lipinski definition) is 4. The predicted molar refractivity (Wildman–Crippen MR) is 94.6 cm³/mol. The lowest BCUT2D eigenvalue weighted by Gasteiger charge is -2.07. The van der Waals surface area contributed by atoms with E-state index in [4.69, 9.17) is 0 Å². The minimum absolute atomic E-state index is 0.196. The largest absolute Gasteiger partial charge is 0.338 e. The number of benzene rings is 1. The van der Waals surface area contributed by atoms with Crippen LogP contribution in [0.4, 0.5) is 4.79 Å². The van der Waals surface area contributed by atoms with Gasteiger partial charge in [-0.25, -0.2) is 4.79 Å². The number of aryl methyl sites for hydroxylation is 1. The van der Waals surface area contributed by atoms with Gasteiger partial charge in [-0.15, -0.1) is 0 Å². The highest BCUT2D eigenvalue weighted by Gasteiger charge is 2.09. The second kappa shape index (κ2) is 8.05. The van der Waals surface area contributed by atoms with E-state index < -0.39 is 0 Å². The van der Waals surface area contributed by atoms with Crippen LogP contribution >= 0.6 is 0 Å². The molecule has 7 heteroatoms. The number of nitrogens with one attached hydrogen (secondary N) is 2. The van der Waals surface area contributed by atoms with E-state index in [9.17, 15) is 4.79 Å². The van der Waals surface area contributed by atoms with E-state index in [2.05, 4.69) is 25.7 Å². The van der Waals surface area contributed by atoms with Crippen molar-refractivity contribution in [2.45, 2.75) is 13.0 Å². The topological polar surface area (TPSA) is 84.7 Å². The molecule has 128 valence electrons. The maximum absolute atomic E-state index is 11.9. The van der Waals surface area contributed by atoms with Crippen LogP contribution < -0.4 is 10.6 Å². The monoisotopic (exact) mass is 336 g/mol. The van der Waals surface area contributed by atoms with Crippen LogP contribution in [0.2, 0.25) is 0 Å². The normalized spacial score (nSPS) is 10.4. The van der Waals surface area contributed by atoms with Gasteiger partial charge in [0.25, 0.3) is 0 Å².